The number of ketones is 1. The van der Waals surface area contributed by atoms with Gasteiger partial charge in [-0.05, 0) is 50.6 Å². The predicted octanol–water partition coefficient (Wildman–Crippen LogP) is 3.38. The molecular weight excluding hydrogens is 340 g/mol. The number of benzene rings is 1. The number of pyridine rings is 1. The van der Waals surface area contributed by atoms with Crippen LogP contribution in [0.2, 0.25) is 0 Å². The number of carbonyl (C=O) groups excluding carboxylic acids is 1. The van der Waals surface area contributed by atoms with Crippen LogP contribution < -0.4 is 10.2 Å². The second-order valence-electron chi connectivity index (χ2n) is 6.97. The van der Waals surface area contributed by atoms with E-state index in [-0.39, 0.29) is 18.0 Å². The summed E-state index contributed by atoms with van der Waals surface area (Å²) in [6, 6.07) is 11.3. The van der Waals surface area contributed by atoms with Crippen molar-refractivity contribution in [3.8, 4) is 6.07 Å². The molecule has 0 bridgehead atoms. The van der Waals surface area contributed by atoms with Crippen molar-refractivity contribution in [2.24, 2.45) is 0 Å². The number of carbonyl (C=O) groups is 1. The third-order valence-corrected chi connectivity index (χ3v) is 4.58. The Morgan fingerprint density at radius 1 is 1.30 bits per heavy atom. The van der Waals surface area contributed by atoms with E-state index in [1.54, 1.807) is 18.2 Å². The van der Waals surface area contributed by atoms with Crippen molar-refractivity contribution < 1.29 is 9.53 Å². The van der Waals surface area contributed by atoms with Gasteiger partial charge in [0.05, 0.1) is 23.5 Å². The van der Waals surface area contributed by atoms with E-state index < -0.39 is 0 Å². The molecule has 2 heterocycles. The molecule has 6 nitrogen and oxygen atoms in total. The van der Waals surface area contributed by atoms with Crippen molar-refractivity contribution in [3.05, 3.63) is 53.2 Å². The molecule has 1 aromatic carbocycles. The molecule has 0 amide bonds. The van der Waals surface area contributed by atoms with Crippen LogP contribution in [0.25, 0.3) is 0 Å². The standard InChI is InChI=1S/C21H24N4O2/c1-14-12-25(13-15(2)27-14)21-7-4-17(11-24-21)10-23-20-8-18(16(3)26)5-6-19(20)9-22/h4-8,11,14-15,23H,10,12-13H2,1-3H3. The molecule has 1 fully saturated rings. The van der Waals surface area contributed by atoms with Crippen molar-refractivity contribution in [3.63, 3.8) is 0 Å². The van der Waals surface area contributed by atoms with Crippen LogP contribution >= 0.6 is 0 Å². The minimum atomic E-state index is -0.0254. The highest BCUT2D eigenvalue weighted by molar-refractivity contribution is 5.95. The third kappa shape index (κ3) is 4.63. The molecular formula is C21H24N4O2. The average Bonchev–Trinajstić information content (AvgIpc) is 2.65. The smallest absolute Gasteiger partial charge is 0.159 e. The number of morpholine rings is 1. The number of nitrogens with zero attached hydrogens (tertiary/aromatic N) is 3. The van der Waals surface area contributed by atoms with Crippen LogP contribution in [0.3, 0.4) is 0 Å². The molecule has 2 atom stereocenters. The van der Waals surface area contributed by atoms with Crippen molar-refractivity contribution in [1.29, 1.82) is 5.26 Å². The first kappa shape index (κ1) is 18.9. The maximum Gasteiger partial charge on any atom is 0.159 e. The van der Waals surface area contributed by atoms with Crippen LogP contribution in [-0.4, -0.2) is 36.1 Å². The van der Waals surface area contributed by atoms with Crippen molar-refractivity contribution in [2.45, 2.75) is 39.5 Å². The number of aromatic nitrogens is 1. The molecule has 1 aromatic heterocycles. The van der Waals surface area contributed by atoms with E-state index in [1.165, 1.54) is 6.92 Å². The Hall–Kier alpha value is -2.91. The van der Waals surface area contributed by atoms with Gasteiger partial charge in [-0.2, -0.15) is 5.26 Å². The highest BCUT2D eigenvalue weighted by Crippen LogP contribution is 2.21. The van der Waals surface area contributed by atoms with Gasteiger partial charge in [0.2, 0.25) is 0 Å². The summed E-state index contributed by atoms with van der Waals surface area (Å²) in [6.45, 7) is 7.85. The molecule has 0 radical (unpaired) electrons. The highest BCUT2D eigenvalue weighted by atomic mass is 16.5. The molecule has 2 aromatic rings. The van der Waals surface area contributed by atoms with Crippen LogP contribution in [0.4, 0.5) is 11.5 Å². The van der Waals surface area contributed by atoms with Gasteiger partial charge in [-0.1, -0.05) is 6.07 Å². The molecule has 0 spiro atoms. The lowest BCUT2D eigenvalue weighted by molar-refractivity contribution is -0.00546. The normalized spacial score (nSPS) is 19.4. The number of Topliss-reactive ketones (excluding diaryl/α,β-unsaturated/α-hetero) is 1. The summed E-state index contributed by atoms with van der Waals surface area (Å²) in [5.74, 6) is 0.916. The third-order valence-electron chi connectivity index (χ3n) is 4.58. The summed E-state index contributed by atoms with van der Waals surface area (Å²) >= 11 is 0. The Morgan fingerprint density at radius 2 is 2.04 bits per heavy atom. The van der Waals surface area contributed by atoms with E-state index in [0.29, 0.717) is 23.4 Å². The Kier molecular flexibility index (Phi) is 5.72. The molecule has 0 saturated carbocycles. The molecule has 2 unspecified atom stereocenters. The lowest BCUT2D eigenvalue weighted by atomic mass is 10.1. The zero-order valence-electron chi connectivity index (χ0n) is 15.9. The molecule has 0 aliphatic carbocycles. The first-order valence-electron chi connectivity index (χ1n) is 9.10. The van der Waals surface area contributed by atoms with Gasteiger partial charge in [-0.3, -0.25) is 4.79 Å². The van der Waals surface area contributed by atoms with Gasteiger partial charge < -0.3 is 15.0 Å². The number of nitriles is 1. The summed E-state index contributed by atoms with van der Waals surface area (Å²) < 4.78 is 5.77. The highest BCUT2D eigenvalue weighted by Gasteiger charge is 2.22. The summed E-state index contributed by atoms with van der Waals surface area (Å²) in [5.41, 5.74) is 2.76. The van der Waals surface area contributed by atoms with Crippen molar-refractivity contribution >= 4 is 17.3 Å². The van der Waals surface area contributed by atoms with E-state index in [1.807, 2.05) is 18.3 Å². The Morgan fingerprint density at radius 3 is 2.63 bits per heavy atom. The number of hydrogen-bond acceptors (Lipinski definition) is 6. The summed E-state index contributed by atoms with van der Waals surface area (Å²) in [6.07, 6.45) is 2.22. The van der Waals surface area contributed by atoms with Gasteiger partial charge in [-0.15, -0.1) is 0 Å². The largest absolute Gasteiger partial charge is 0.380 e. The first-order chi connectivity index (χ1) is 13.0. The lowest BCUT2D eigenvalue weighted by Gasteiger charge is -2.36. The van der Waals surface area contributed by atoms with E-state index in [4.69, 9.17) is 4.74 Å². The molecule has 6 heteroatoms. The van der Waals surface area contributed by atoms with Gasteiger partial charge >= 0.3 is 0 Å². The van der Waals surface area contributed by atoms with Crippen molar-refractivity contribution in [1.82, 2.24) is 4.98 Å². The summed E-state index contributed by atoms with van der Waals surface area (Å²) in [7, 11) is 0. The van der Waals surface area contributed by atoms with Crippen LogP contribution in [0.15, 0.2) is 36.5 Å². The van der Waals surface area contributed by atoms with Crippen LogP contribution in [-0.2, 0) is 11.3 Å². The molecule has 3 rings (SSSR count). The van der Waals surface area contributed by atoms with Crippen LogP contribution in [0.5, 0.6) is 0 Å². The van der Waals surface area contributed by atoms with Gasteiger partial charge in [0, 0.05) is 31.4 Å². The Balaban J connectivity index is 1.68. The van der Waals surface area contributed by atoms with E-state index in [2.05, 4.69) is 35.1 Å². The maximum atomic E-state index is 11.6. The van der Waals surface area contributed by atoms with Crippen LogP contribution in [0.1, 0.15) is 42.3 Å². The topological polar surface area (TPSA) is 78.2 Å². The Labute approximate surface area is 159 Å². The first-order valence-corrected chi connectivity index (χ1v) is 9.10. The fourth-order valence-electron chi connectivity index (χ4n) is 3.28. The monoisotopic (exact) mass is 364 g/mol. The van der Waals surface area contributed by atoms with Gasteiger partial charge in [0.15, 0.2) is 5.78 Å². The number of rotatable bonds is 5. The zero-order chi connectivity index (χ0) is 19.4. The quantitative estimate of drug-likeness (QED) is 0.820. The maximum absolute atomic E-state index is 11.6. The second-order valence-corrected chi connectivity index (χ2v) is 6.97. The number of hydrogen-bond donors (Lipinski definition) is 1. The molecule has 1 aliphatic heterocycles. The number of nitrogens with one attached hydrogen (secondary N) is 1. The van der Waals surface area contributed by atoms with E-state index >= 15 is 0 Å². The zero-order valence-corrected chi connectivity index (χ0v) is 15.9. The summed E-state index contributed by atoms with van der Waals surface area (Å²) in [4.78, 5) is 18.4. The van der Waals surface area contributed by atoms with Gasteiger partial charge in [0.25, 0.3) is 0 Å². The summed E-state index contributed by atoms with van der Waals surface area (Å²) in [5, 5.41) is 12.5. The van der Waals surface area contributed by atoms with Crippen molar-refractivity contribution in [2.75, 3.05) is 23.3 Å². The fourth-order valence-corrected chi connectivity index (χ4v) is 3.28. The molecule has 1 N–H and O–H groups in total. The number of anilines is 2. The van der Waals surface area contributed by atoms with E-state index in [0.717, 1.165) is 24.5 Å². The van der Waals surface area contributed by atoms with E-state index in [9.17, 15) is 10.1 Å². The molecule has 140 valence electrons. The number of ether oxygens (including phenoxy) is 1. The predicted molar refractivity (Wildman–Crippen MR) is 105 cm³/mol. The van der Waals surface area contributed by atoms with Gasteiger partial charge in [0.1, 0.15) is 11.9 Å². The SMILES string of the molecule is CC(=O)c1ccc(C#N)c(NCc2ccc(N3CC(C)OC(C)C3)nc2)c1. The Bertz CT molecular complexity index is 847. The van der Waals surface area contributed by atoms with Crippen LogP contribution in [0, 0.1) is 11.3 Å². The second kappa shape index (κ2) is 8.19. The average molecular weight is 364 g/mol. The minimum Gasteiger partial charge on any atom is -0.380 e. The van der Waals surface area contributed by atoms with Gasteiger partial charge in [-0.25, -0.2) is 4.98 Å². The molecule has 27 heavy (non-hydrogen) atoms. The molecule has 1 aliphatic rings. The lowest BCUT2D eigenvalue weighted by Crippen LogP contribution is -2.45. The molecule has 1 saturated heterocycles. The fraction of sp³-hybridized carbons (Fsp3) is 0.381. The minimum absolute atomic E-state index is 0.0254.